The zero-order valence-electron chi connectivity index (χ0n) is 12.6. The highest BCUT2D eigenvalue weighted by Crippen LogP contribution is 2.25. The molecule has 0 spiro atoms. The number of hydrogen-bond acceptors (Lipinski definition) is 3. The maximum Gasteiger partial charge on any atom is 0.124 e. The van der Waals surface area contributed by atoms with Crippen LogP contribution in [0.3, 0.4) is 0 Å². The van der Waals surface area contributed by atoms with Crippen molar-refractivity contribution in [2.24, 2.45) is 5.73 Å². The number of ether oxygens (including phenoxy) is 1. The molecule has 3 nitrogen and oxygen atoms in total. The third-order valence-corrected chi connectivity index (χ3v) is 4.04. The van der Waals surface area contributed by atoms with Crippen LogP contribution in [-0.4, -0.2) is 25.0 Å². The van der Waals surface area contributed by atoms with E-state index in [2.05, 4.69) is 11.0 Å². The Hall–Kier alpha value is -1.26. The Bertz CT molecular complexity index is 619. The van der Waals surface area contributed by atoms with Gasteiger partial charge in [0.05, 0.1) is 10.0 Å². The number of para-hydroxylation sites is 1. The zero-order chi connectivity index (χ0) is 15.9. The number of hydrogen-bond donors (Lipinski definition) is 1. The molecule has 118 valence electrons. The summed E-state index contributed by atoms with van der Waals surface area (Å²) in [6.45, 7) is 2.74. The highest BCUT2D eigenvalue weighted by atomic mass is 35.5. The van der Waals surface area contributed by atoms with Gasteiger partial charge in [-0.1, -0.05) is 47.5 Å². The lowest BCUT2D eigenvalue weighted by Crippen LogP contribution is -2.25. The smallest absolute Gasteiger partial charge is 0.124 e. The molecule has 0 aliphatic heterocycles. The van der Waals surface area contributed by atoms with E-state index >= 15 is 0 Å². The fourth-order valence-electron chi connectivity index (χ4n) is 2.16. The molecule has 0 amide bonds. The number of nitrogens with two attached hydrogens (primary N) is 1. The maximum absolute atomic E-state index is 6.02. The Morgan fingerprint density at radius 3 is 2.59 bits per heavy atom. The van der Waals surface area contributed by atoms with Gasteiger partial charge in [-0.15, -0.1) is 0 Å². The van der Waals surface area contributed by atoms with Crippen molar-refractivity contribution >= 4 is 23.2 Å². The molecule has 0 radical (unpaired) electrons. The summed E-state index contributed by atoms with van der Waals surface area (Å²) in [5.41, 5.74) is 7.71. The minimum absolute atomic E-state index is 0.453. The van der Waals surface area contributed by atoms with Crippen molar-refractivity contribution in [1.82, 2.24) is 4.90 Å². The van der Waals surface area contributed by atoms with Crippen molar-refractivity contribution in [3.8, 4) is 5.75 Å². The SMILES string of the molecule is CN(CCN)Cc1ccccc1OCc1ccc(Cl)c(Cl)c1. The second-order valence-corrected chi connectivity index (χ2v) is 5.99. The van der Waals surface area contributed by atoms with E-state index in [4.69, 9.17) is 33.7 Å². The summed E-state index contributed by atoms with van der Waals surface area (Å²) in [4.78, 5) is 2.17. The first-order valence-corrected chi connectivity index (χ1v) is 7.89. The van der Waals surface area contributed by atoms with Crippen LogP contribution in [0.4, 0.5) is 0 Å². The third-order valence-electron chi connectivity index (χ3n) is 3.30. The van der Waals surface area contributed by atoms with Crippen LogP contribution in [0, 0.1) is 0 Å². The largest absolute Gasteiger partial charge is 0.489 e. The van der Waals surface area contributed by atoms with E-state index in [-0.39, 0.29) is 0 Å². The van der Waals surface area contributed by atoms with Crippen LogP contribution in [0.1, 0.15) is 11.1 Å². The summed E-state index contributed by atoms with van der Waals surface area (Å²) in [6, 6.07) is 13.5. The van der Waals surface area contributed by atoms with Crippen LogP contribution in [0.15, 0.2) is 42.5 Å². The number of likely N-dealkylation sites (N-methyl/N-ethyl adjacent to an activating group) is 1. The lowest BCUT2D eigenvalue weighted by molar-refractivity contribution is 0.287. The maximum atomic E-state index is 6.02. The molecule has 2 rings (SSSR count). The van der Waals surface area contributed by atoms with Gasteiger partial charge >= 0.3 is 0 Å². The quantitative estimate of drug-likeness (QED) is 0.830. The van der Waals surface area contributed by atoms with E-state index < -0.39 is 0 Å². The van der Waals surface area contributed by atoms with E-state index in [1.807, 2.05) is 37.4 Å². The molecule has 0 atom stereocenters. The molecule has 0 aromatic heterocycles. The minimum atomic E-state index is 0.453. The van der Waals surface area contributed by atoms with Crippen molar-refractivity contribution in [3.63, 3.8) is 0 Å². The summed E-state index contributed by atoms with van der Waals surface area (Å²) in [7, 11) is 2.04. The molecule has 2 aromatic carbocycles. The molecule has 0 unspecified atom stereocenters. The van der Waals surface area contributed by atoms with E-state index in [0.717, 1.165) is 30.0 Å². The Morgan fingerprint density at radius 2 is 1.86 bits per heavy atom. The zero-order valence-corrected chi connectivity index (χ0v) is 14.1. The van der Waals surface area contributed by atoms with Gasteiger partial charge in [-0.3, -0.25) is 0 Å². The highest BCUT2D eigenvalue weighted by Gasteiger charge is 2.07. The molecule has 2 aromatic rings. The first-order chi connectivity index (χ1) is 10.6. The summed E-state index contributed by atoms with van der Waals surface area (Å²) >= 11 is 11.9. The van der Waals surface area contributed by atoms with Crippen LogP contribution in [-0.2, 0) is 13.2 Å². The van der Waals surface area contributed by atoms with Crippen molar-refractivity contribution in [2.45, 2.75) is 13.2 Å². The number of benzene rings is 2. The summed E-state index contributed by atoms with van der Waals surface area (Å²) in [6.07, 6.45) is 0. The first-order valence-electron chi connectivity index (χ1n) is 7.13. The Morgan fingerprint density at radius 1 is 1.09 bits per heavy atom. The molecular weight excluding hydrogens is 319 g/mol. The van der Waals surface area contributed by atoms with E-state index in [1.165, 1.54) is 0 Å². The third kappa shape index (κ3) is 4.89. The summed E-state index contributed by atoms with van der Waals surface area (Å²) in [5, 5.41) is 1.09. The van der Waals surface area contributed by atoms with Crippen molar-refractivity contribution in [1.29, 1.82) is 0 Å². The van der Waals surface area contributed by atoms with Crippen LogP contribution >= 0.6 is 23.2 Å². The Labute approximate surface area is 141 Å². The molecule has 0 saturated heterocycles. The fraction of sp³-hybridized carbons (Fsp3) is 0.294. The van der Waals surface area contributed by atoms with Gasteiger partial charge in [0.1, 0.15) is 12.4 Å². The van der Waals surface area contributed by atoms with Gasteiger partial charge in [0, 0.05) is 25.2 Å². The lowest BCUT2D eigenvalue weighted by atomic mass is 10.2. The first kappa shape index (κ1) is 17.1. The fourth-order valence-corrected chi connectivity index (χ4v) is 2.48. The highest BCUT2D eigenvalue weighted by molar-refractivity contribution is 6.42. The number of rotatable bonds is 7. The predicted octanol–water partition coefficient (Wildman–Crippen LogP) is 3.96. The van der Waals surface area contributed by atoms with Crippen molar-refractivity contribution in [3.05, 3.63) is 63.6 Å². The van der Waals surface area contributed by atoms with Gasteiger partial charge < -0.3 is 15.4 Å². The van der Waals surface area contributed by atoms with Gasteiger partial charge in [0.25, 0.3) is 0 Å². The number of halogens is 2. The van der Waals surface area contributed by atoms with Crippen LogP contribution in [0.2, 0.25) is 10.0 Å². The lowest BCUT2D eigenvalue weighted by Gasteiger charge is -2.18. The second kappa shape index (κ2) is 8.39. The van der Waals surface area contributed by atoms with Gasteiger partial charge in [-0.25, -0.2) is 0 Å². The molecule has 0 heterocycles. The van der Waals surface area contributed by atoms with E-state index in [0.29, 0.717) is 23.2 Å². The second-order valence-electron chi connectivity index (χ2n) is 5.17. The molecular formula is C17H20Cl2N2O. The van der Waals surface area contributed by atoms with Gasteiger partial charge in [-0.2, -0.15) is 0 Å². The average Bonchev–Trinajstić information content (AvgIpc) is 2.50. The topological polar surface area (TPSA) is 38.5 Å². The molecule has 0 saturated carbocycles. The van der Waals surface area contributed by atoms with Gasteiger partial charge in [0.2, 0.25) is 0 Å². The Kier molecular flexibility index (Phi) is 6.52. The van der Waals surface area contributed by atoms with Crippen LogP contribution < -0.4 is 10.5 Å². The van der Waals surface area contributed by atoms with Crippen LogP contribution in [0.5, 0.6) is 5.75 Å². The molecule has 22 heavy (non-hydrogen) atoms. The van der Waals surface area contributed by atoms with Gasteiger partial charge in [0.15, 0.2) is 0 Å². The molecule has 2 N–H and O–H groups in total. The normalized spacial score (nSPS) is 11.0. The molecule has 0 aliphatic rings. The molecule has 5 heteroatoms. The van der Waals surface area contributed by atoms with E-state index in [1.54, 1.807) is 6.07 Å². The molecule has 0 aliphatic carbocycles. The molecule has 0 bridgehead atoms. The van der Waals surface area contributed by atoms with E-state index in [9.17, 15) is 0 Å². The average molecular weight is 339 g/mol. The molecule has 0 fully saturated rings. The van der Waals surface area contributed by atoms with Crippen LogP contribution in [0.25, 0.3) is 0 Å². The monoisotopic (exact) mass is 338 g/mol. The minimum Gasteiger partial charge on any atom is -0.489 e. The summed E-state index contributed by atoms with van der Waals surface area (Å²) < 4.78 is 5.94. The number of nitrogens with zero attached hydrogens (tertiary/aromatic N) is 1. The van der Waals surface area contributed by atoms with Crippen molar-refractivity contribution < 1.29 is 4.74 Å². The van der Waals surface area contributed by atoms with Crippen molar-refractivity contribution in [2.75, 3.05) is 20.1 Å². The Balaban J connectivity index is 2.04. The standard InChI is InChI=1S/C17H20Cl2N2O/c1-21(9-8-20)11-14-4-2-3-5-17(14)22-12-13-6-7-15(18)16(19)10-13/h2-7,10H,8-9,11-12,20H2,1H3. The van der Waals surface area contributed by atoms with Gasteiger partial charge in [-0.05, 0) is 30.8 Å². The summed E-state index contributed by atoms with van der Waals surface area (Å²) in [5.74, 6) is 0.873. The predicted molar refractivity (Wildman–Crippen MR) is 92.6 cm³/mol.